The molecule has 0 bridgehead atoms. The highest BCUT2D eigenvalue weighted by molar-refractivity contribution is 9.69. The molecule has 12 rings (SSSR count). The Morgan fingerprint density at radius 1 is 0.526 bits per heavy atom. The number of allylic oxidation sites excluding steroid dienone is 3. The van der Waals surface area contributed by atoms with Crippen LogP contribution in [0.5, 0.6) is 0 Å². The Hall–Kier alpha value is -7.03. The first-order valence-corrected chi connectivity index (χ1v) is 35.0. The van der Waals surface area contributed by atoms with Crippen LogP contribution in [0.4, 0.5) is 13.2 Å². The van der Waals surface area contributed by atoms with Crippen molar-refractivity contribution in [1.29, 1.82) is 0 Å². The van der Waals surface area contributed by atoms with Crippen LogP contribution in [-0.2, 0) is 42.9 Å². The van der Waals surface area contributed by atoms with Crippen LogP contribution < -0.4 is 0 Å². The largest absolute Gasteiger partial charge is 0.480 e. The van der Waals surface area contributed by atoms with Crippen molar-refractivity contribution in [3.8, 4) is 33.4 Å². The van der Waals surface area contributed by atoms with Gasteiger partial charge in [0.25, 0.3) is 0 Å². The second-order valence-electron chi connectivity index (χ2n) is 26.5. The van der Waals surface area contributed by atoms with Gasteiger partial charge in [0, 0.05) is 53.0 Å². The van der Waals surface area contributed by atoms with E-state index in [0.29, 0.717) is 36.3 Å². The van der Waals surface area contributed by atoms with Gasteiger partial charge in [0.2, 0.25) is 0 Å². The third-order valence-electron chi connectivity index (χ3n) is 21.0. The van der Waals surface area contributed by atoms with E-state index >= 15 is 0 Å². The average Bonchev–Trinajstić information content (AvgIpc) is 1.62. The van der Waals surface area contributed by atoms with Crippen LogP contribution in [0.3, 0.4) is 0 Å². The van der Waals surface area contributed by atoms with Crippen LogP contribution in [0.15, 0.2) is 146 Å². The number of esters is 4. The van der Waals surface area contributed by atoms with Crippen molar-refractivity contribution < 1.29 is 61.2 Å². The summed E-state index contributed by atoms with van der Waals surface area (Å²) in [6, 6.07) is 30.7. The Morgan fingerprint density at radius 2 is 0.895 bits per heavy atom. The average molecular weight is 1490 g/mol. The number of hydrogen-bond donors (Lipinski definition) is 1. The lowest BCUT2D eigenvalue weighted by Crippen LogP contribution is -2.52. The number of ether oxygens (including phenoxy) is 4. The van der Waals surface area contributed by atoms with Crippen molar-refractivity contribution in [3.63, 3.8) is 0 Å². The molecule has 3 saturated heterocycles. The summed E-state index contributed by atoms with van der Waals surface area (Å²) in [4.78, 5) is 76.1. The Labute approximate surface area is 579 Å². The summed E-state index contributed by atoms with van der Waals surface area (Å²) in [7, 11) is 1.32. The van der Waals surface area contributed by atoms with Crippen molar-refractivity contribution in [3.05, 3.63) is 181 Å². The zero-order valence-corrected chi connectivity index (χ0v) is 59.5. The van der Waals surface area contributed by atoms with E-state index in [1.165, 1.54) is 43.5 Å². The lowest BCUT2D eigenvalue weighted by molar-refractivity contribution is -0.170. The molecule has 0 unspecified atom stereocenters. The van der Waals surface area contributed by atoms with E-state index in [0.717, 1.165) is 51.2 Å². The van der Waals surface area contributed by atoms with Crippen LogP contribution in [0, 0.1) is 105 Å². The molecule has 0 radical (unpaired) electrons. The molecule has 13 nitrogen and oxygen atoms in total. The van der Waals surface area contributed by atoms with E-state index in [-0.39, 0.29) is 92.1 Å². The second-order valence-corrected chi connectivity index (χ2v) is 32.9. The zero-order chi connectivity index (χ0) is 68.8. The minimum atomic E-state index is -1.49. The summed E-state index contributed by atoms with van der Waals surface area (Å²) < 4.78 is 62.3. The Kier molecular flexibility index (Phi) is 23.6. The molecule has 6 fully saturated rings. The van der Waals surface area contributed by atoms with Gasteiger partial charge in [-0.1, -0.05) is 114 Å². The molecule has 6 aromatic rings. The van der Waals surface area contributed by atoms with Crippen molar-refractivity contribution >= 4 is 98.5 Å². The molecular formula is C75H80BBr3F3N3O10. The van der Waals surface area contributed by atoms with Gasteiger partial charge in [-0.3, -0.25) is 38.9 Å². The number of pyridine rings is 3. The number of aliphatic carboxylic acids is 1. The molecule has 0 spiro atoms. The highest BCUT2D eigenvalue weighted by atomic mass is 79.9. The predicted molar refractivity (Wildman–Crippen MR) is 373 cm³/mol. The van der Waals surface area contributed by atoms with Gasteiger partial charge in [-0.2, -0.15) is 0 Å². The standard InChI is InChI=1S/C26H28FNO4.C25H26FNO4.C24H26FNO2.BBr3/c1-15-13-26(24(29)31-4)23(17(3)32-25(26)30)22(16(15)2)11-10-21-9-8-19(14-28-21)18-6-5-7-20(27)12-18;1-14-12-25(23(28)29)22(16(3)31-24(25)30)21(15(14)2)10-9-20-8-7-18(13-27-20)17-5-4-6-19(26)11-17;1-14-11-22-23(16(3)28-24(22)27)21(15(14)2)10-9-20-8-7-18(13-26-20)17-5-4-6-19(25)12-17;2-1(3)4/h5-12,14-17,22-23H,13H2,1-4H3;4-11,13-16,21-22H,12H2,1-3H3,(H,28,29);4-10,12-16,21-23H,11H2,1-3H3;/b11-10+;2*10-9+;/t15-,16+,17+,22-,23-,26+;14-,15+,16+,21-,22-,25+;14-,15+,16+,21-,22+,23-;/m000./s1. The fourth-order valence-electron chi connectivity index (χ4n) is 15.7. The molecule has 3 aromatic heterocycles. The lowest BCUT2D eigenvalue weighted by atomic mass is 9.55. The molecule has 1 N–H and O–H groups in total. The number of benzene rings is 3. The van der Waals surface area contributed by atoms with Gasteiger partial charge in [-0.05, 0) is 183 Å². The highest BCUT2D eigenvalue weighted by Gasteiger charge is 2.68. The minimum Gasteiger partial charge on any atom is -0.480 e. The van der Waals surface area contributed by atoms with Gasteiger partial charge in [0.1, 0.15) is 35.8 Å². The topological polar surface area (TPSA) is 181 Å². The van der Waals surface area contributed by atoms with Crippen molar-refractivity contribution in [1.82, 2.24) is 15.0 Å². The van der Waals surface area contributed by atoms with Gasteiger partial charge in [-0.15, -0.1) is 47.3 Å². The number of carbonyl (C=O) groups is 5. The van der Waals surface area contributed by atoms with E-state index in [2.05, 4.69) is 103 Å². The third kappa shape index (κ3) is 15.7. The van der Waals surface area contributed by atoms with Gasteiger partial charge in [0.15, 0.2) is 10.8 Å². The molecule has 20 heteroatoms. The molecule has 3 aliphatic heterocycles. The third-order valence-corrected chi connectivity index (χ3v) is 21.0. The van der Waals surface area contributed by atoms with Crippen LogP contribution in [0.2, 0.25) is 0 Å². The maximum absolute atomic E-state index is 13.5. The molecule has 3 aromatic carbocycles. The van der Waals surface area contributed by atoms with Gasteiger partial charge < -0.3 is 24.1 Å². The number of cyclic esters (lactones) is 3. The summed E-state index contributed by atoms with van der Waals surface area (Å²) in [6.45, 7) is 18.4. The number of aromatic nitrogens is 3. The van der Waals surface area contributed by atoms with Crippen LogP contribution in [0.1, 0.15) is 98.7 Å². The molecule has 3 aliphatic carbocycles. The van der Waals surface area contributed by atoms with Crippen LogP contribution in [0.25, 0.3) is 51.6 Å². The smallest absolute Gasteiger partial charge is 0.369 e. The Bertz CT molecular complexity index is 3810. The normalized spacial score (nSPS) is 31.2. The summed E-state index contributed by atoms with van der Waals surface area (Å²) in [5.74, 6) is -2.33. The second kappa shape index (κ2) is 31.0. The number of hydrogen-bond acceptors (Lipinski definition) is 12. The molecule has 3 saturated carbocycles. The molecule has 500 valence electrons. The molecule has 18 atom stereocenters. The quantitative estimate of drug-likeness (QED) is 0.0560. The summed E-state index contributed by atoms with van der Waals surface area (Å²) >= 11 is 9.31. The molecule has 95 heavy (non-hydrogen) atoms. The fourth-order valence-corrected chi connectivity index (χ4v) is 15.7. The number of rotatable bonds is 11. The number of methoxy groups -OCH3 is 1. The summed E-state index contributed by atoms with van der Waals surface area (Å²) in [5.41, 5.74) is 4.43. The van der Waals surface area contributed by atoms with E-state index in [1.54, 1.807) is 43.7 Å². The first-order valence-electron chi connectivity index (χ1n) is 32.3. The number of halogens is 6. The van der Waals surface area contributed by atoms with Crippen molar-refractivity contribution in [2.24, 2.45) is 87.8 Å². The zero-order valence-electron chi connectivity index (χ0n) is 54.8. The molecule has 6 aliphatic rings. The van der Waals surface area contributed by atoms with Gasteiger partial charge in [-0.25, -0.2) is 13.2 Å². The number of carboxylic acid groups (broad SMARTS) is 1. The Balaban J connectivity index is 0.000000163. The predicted octanol–water partition coefficient (Wildman–Crippen LogP) is 17.3. The fraction of sp³-hybridized carbons (Fsp3) is 0.413. The van der Waals surface area contributed by atoms with Crippen molar-refractivity contribution in [2.75, 3.05) is 7.11 Å². The van der Waals surface area contributed by atoms with Gasteiger partial charge in [0.05, 0.1) is 30.1 Å². The molecule has 0 amide bonds. The van der Waals surface area contributed by atoms with Crippen LogP contribution >= 0.6 is 47.3 Å². The highest BCUT2D eigenvalue weighted by Crippen LogP contribution is 2.58. The number of carboxylic acids is 1. The van der Waals surface area contributed by atoms with E-state index in [1.807, 2.05) is 106 Å². The lowest BCUT2D eigenvalue weighted by Gasteiger charge is -2.45. The summed E-state index contributed by atoms with van der Waals surface area (Å²) in [5, 5.41) is 9.99. The van der Waals surface area contributed by atoms with E-state index in [9.17, 15) is 42.3 Å². The molecular weight excluding hydrogens is 1410 g/mol. The van der Waals surface area contributed by atoms with Crippen molar-refractivity contribution in [2.45, 2.75) is 99.9 Å². The minimum absolute atomic E-state index is 0.0131. The van der Waals surface area contributed by atoms with E-state index < -0.39 is 46.7 Å². The first-order chi connectivity index (χ1) is 45.2. The number of nitrogens with zero attached hydrogens (tertiary/aromatic N) is 3. The van der Waals surface area contributed by atoms with Crippen LogP contribution in [-0.4, -0.2) is 78.5 Å². The first kappa shape index (κ1) is 72.2. The summed E-state index contributed by atoms with van der Waals surface area (Å²) in [6.07, 6.45) is 18.0. The molecule has 6 heterocycles. The monoisotopic (exact) mass is 1490 g/mol. The number of carbonyl (C=O) groups excluding carboxylic acids is 4. The maximum atomic E-state index is 13.5. The number of fused-ring (bicyclic) bond motifs is 3. The van der Waals surface area contributed by atoms with Gasteiger partial charge >= 0.3 is 33.0 Å². The Morgan fingerprint density at radius 3 is 1.26 bits per heavy atom. The van der Waals surface area contributed by atoms with E-state index in [4.69, 9.17) is 18.9 Å². The maximum Gasteiger partial charge on any atom is 0.369 e. The SMILES string of the molecule is BrB(Br)Br.COC(=O)[C@@]12C[C@H](C)[C@@H](C)[C@H](/C=C/c3ccc(-c4cccc(F)c4)cn3)[C@@H]1[C@@H](C)OC2=O.C[C@H]1[C@H](/C=C/c2ccc(-c3cccc(F)c3)cn2)[C@@H]2[C@@H](C)OC(=O)[C@@H]2C[C@@H]1C.C[C@H]1[C@H](/C=C/c2ccc(-c3cccc(F)c3)cn2)[C@@H]2[C@@H](C)OC(=O)[C@]2(C(=O)O)C[C@@H]1C.